The van der Waals surface area contributed by atoms with E-state index in [0.717, 1.165) is 24.4 Å². The summed E-state index contributed by atoms with van der Waals surface area (Å²) in [6, 6.07) is 5.55. The monoisotopic (exact) mass is 257 g/mol. The van der Waals surface area contributed by atoms with Gasteiger partial charge in [0.15, 0.2) is 0 Å². The minimum atomic E-state index is 0.557. The third-order valence-corrected chi connectivity index (χ3v) is 3.26. The second-order valence-electron chi connectivity index (χ2n) is 3.81. The van der Waals surface area contributed by atoms with E-state index in [2.05, 4.69) is 18.0 Å². The fourth-order valence-electron chi connectivity index (χ4n) is 1.55. The van der Waals surface area contributed by atoms with Gasteiger partial charge in [0, 0.05) is 18.7 Å². The summed E-state index contributed by atoms with van der Waals surface area (Å²) in [5, 5.41) is 1.12. The molecule has 0 aliphatic carbocycles. The van der Waals surface area contributed by atoms with Gasteiger partial charge in [0.05, 0.1) is 10.0 Å². The van der Waals surface area contributed by atoms with E-state index in [-0.39, 0.29) is 0 Å². The Labute approximate surface area is 105 Å². The third kappa shape index (κ3) is 2.70. The number of hydrogen-bond acceptors (Lipinski definition) is 2. The molecule has 0 saturated heterocycles. The molecule has 86 valence electrons. The molecule has 0 bridgehead atoms. The average molecular weight is 258 g/mol. The van der Waals surface area contributed by atoms with Crippen LogP contribution >= 0.6 is 23.2 Å². The molecule has 1 aromatic rings. The Bertz CT molecular complexity index is 417. The molecule has 0 radical (unpaired) electrons. The SMILES string of the molecule is CN1CC=C(c2ccc(Cl)c(Cl)c2)OCC1. The van der Waals surface area contributed by atoms with Gasteiger partial charge in [-0.25, -0.2) is 0 Å². The van der Waals surface area contributed by atoms with Crippen LogP contribution in [-0.2, 0) is 4.74 Å². The van der Waals surface area contributed by atoms with Crippen LogP contribution in [0.3, 0.4) is 0 Å². The summed E-state index contributed by atoms with van der Waals surface area (Å²) in [7, 11) is 2.07. The van der Waals surface area contributed by atoms with Crippen LogP contribution in [0.5, 0.6) is 0 Å². The van der Waals surface area contributed by atoms with Gasteiger partial charge in [-0.05, 0) is 31.3 Å². The van der Waals surface area contributed by atoms with Crippen molar-refractivity contribution in [1.29, 1.82) is 0 Å². The van der Waals surface area contributed by atoms with E-state index in [0.29, 0.717) is 16.7 Å². The highest BCUT2D eigenvalue weighted by Gasteiger charge is 2.10. The number of likely N-dealkylation sites (N-methyl/N-ethyl adjacent to an activating group) is 1. The van der Waals surface area contributed by atoms with Gasteiger partial charge in [-0.3, -0.25) is 4.90 Å². The van der Waals surface area contributed by atoms with E-state index >= 15 is 0 Å². The number of hydrogen-bond donors (Lipinski definition) is 0. The Morgan fingerprint density at radius 2 is 2.06 bits per heavy atom. The lowest BCUT2D eigenvalue weighted by Crippen LogP contribution is -2.20. The minimum Gasteiger partial charge on any atom is -0.492 e. The molecule has 0 spiro atoms. The van der Waals surface area contributed by atoms with Crippen LogP contribution in [0.2, 0.25) is 10.0 Å². The Hall–Kier alpha value is -0.700. The normalized spacial score (nSPS) is 17.6. The highest BCUT2D eigenvalue weighted by atomic mass is 35.5. The summed E-state index contributed by atoms with van der Waals surface area (Å²) < 4.78 is 5.67. The summed E-state index contributed by atoms with van der Waals surface area (Å²) in [6.07, 6.45) is 2.06. The zero-order valence-corrected chi connectivity index (χ0v) is 10.6. The molecule has 0 fully saturated rings. The summed E-state index contributed by atoms with van der Waals surface area (Å²) >= 11 is 11.9. The van der Waals surface area contributed by atoms with E-state index in [1.165, 1.54) is 0 Å². The zero-order valence-electron chi connectivity index (χ0n) is 9.04. The van der Waals surface area contributed by atoms with Crippen molar-refractivity contribution in [3.8, 4) is 0 Å². The van der Waals surface area contributed by atoms with Gasteiger partial charge in [-0.1, -0.05) is 23.2 Å². The minimum absolute atomic E-state index is 0.557. The van der Waals surface area contributed by atoms with E-state index in [9.17, 15) is 0 Å². The molecule has 2 rings (SSSR count). The Balaban J connectivity index is 2.25. The molecule has 4 heteroatoms. The Kier molecular flexibility index (Phi) is 3.74. The van der Waals surface area contributed by atoms with Crippen molar-refractivity contribution >= 4 is 29.0 Å². The van der Waals surface area contributed by atoms with Crippen LogP contribution in [0.25, 0.3) is 5.76 Å². The first kappa shape index (κ1) is 11.8. The predicted octanol–water partition coefficient (Wildman–Crippen LogP) is 3.30. The molecule has 0 atom stereocenters. The maximum atomic E-state index is 5.98. The summed E-state index contributed by atoms with van der Waals surface area (Å²) in [5.74, 6) is 0.878. The molecule has 16 heavy (non-hydrogen) atoms. The van der Waals surface area contributed by atoms with Crippen molar-refractivity contribution in [2.75, 3.05) is 26.7 Å². The lowest BCUT2D eigenvalue weighted by molar-refractivity contribution is 0.238. The van der Waals surface area contributed by atoms with Gasteiger partial charge in [0.1, 0.15) is 12.4 Å². The van der Waals surface area contributed by atoms with Crippen molar-refractivity contribution in [3.63, 3.8) is 0 Å². The van der Waals surface area contributed by atoms with Crippen LogP contribution in [0.4, 0.5) is 0 Å². The van der Waals surface area contributed by atoms with E-state index in [1.54, 1.807) is 6.07 Å². The average Bonchev–Trinajstić information content (AvgIpc) is 2.47. The number of halogens is 2. The van der Waals surface area contributed by atoms with Gasteiger partial charge < -0.3 is 4.74 Å². The van der Waals surface area contributed by atoms with Crippen molar-refractivity contribution in [2.45, 2.75) is 0 Å². The molecule has 1 heterocycles. The number of ether oxygens (including phenoxy) is 1. The van der Waals surface area contributed by atoms with Gasteiger partial charge in [0.2, 0.25) is 0 Å². The first-order chi connectivity index (χ1) is 7.66. The molecule has 1 aromatic carbocycles. The van der Waals surface area contributed by atoms with Crippen molar-refractivity contribution in [1.82, 2.24) is 4.90 Å². The topological polar surface area (TPSA) is 12.5 Å². The van der Waals surface area contributed by atoms with Crippen molar-refractivity contribution in [3.05, 3.63) is 39.9 Å². The second kappa shape index (κ2) is 5.09. The van der Waals surface area contributed by atoms with Crippen molar-refractivity contribution in [2.24, 2.45) is 0 Å². The maximum absolute atomic E-state index is 5.98. The van der Waals surface area contributed by atoms with Gasteiger partial charge >= 0.3 is 0 Å². The molecule has 1 aliphatic rings. The largest absolute Gasteiger partial charge is 0.492 e. The first-order valence-electron chi connectivity index (χ1n) is 5.14. The fraction of sp³-hybridized carbons (Fsp3) is 0.333. The number of nitrogens with zero attached hydrogens (tertiary/aromatic N) is 1. The molecule has 1 aliphatic heterocycles. The Morgan fingerprint density at radius 3 is 2.81 bits per heavy atom. The van der Waals surface area contributed by atoms with Crippen LogP contribution in [-0.4, -0.2) is 31.6 Å². The Morgan fingerprint density at radius 1 is 1.25 bits per heavy atom. The molecule has 2 nitrogen and oxygen atoms in total. The van der Waals surface area contributed by atoms with Crippen LogP contribution in [0.15, 0.2) is 24.3 Å². The molecule has 0 saturated carbocycles. The second-order valence-corrected chi connectivity index (χ2v) is 4.62. The highest BCUT2D eigenvalue weighted by molar-refractivity contribution is 6.42. The first-order valence-corrected chi connectivity index (χ1v) is 5.89. The van der Waals surface area contributed by atoms with Gasteiger partial charge in [-0.15, -0.1) is 0 Å². The van der Waals surface area contributed by atoms with Gasteiger partial charge in [0.25, 0.3) is 0 Å². The standard InChI is InChI=1S/C12H13Cl2NO/c1-15-5-4-12(16-7-6-15)9-2-3-10(13)11(14)8-9/h2-4,8H,5-7H2,1H3. The van der Waals surface area contributed by atoms with E-state index in [1.807, 2.05) is 12.1 Å². The number of benzene rings is 1. The summed E-state index contributed by atoms with van der Waals surface area (Å²) in [6.45, 7) is 2.51. The fourth-order valence-corrected chi connectivity index (χ4v) is 1.85. The molecule has 0 unspecified atom stereocenters. The van der Waals surface area contributed by atoms with Crippen LogP contribution in [0.1, 0.15) is 5.56 Å². The van der Waals surface area contributed by atoms with Crippen LogP contribution < -0.4 is 0 Å². The van der Waals surface area contributed by atoms with Crippen LogP contribution in [0, 0.1) is 0 Å². The van der Waals surface area contributed by atoms with E-state index in [4.69, 9.17) is 27.9 Å². The van der Waals surface area contributed by atoms with E-state index < -0.39 is 0 Å². The smallest absolute Gasteiger partial charge is 0.123 e. The molecule has 0 N–H and O–H groups in total. The number of rotatable bonds is 1. The summed E-state index contributed by atoms with van der Waals surface area (Å²) in [4.78, 5) is 2.20. The molecule has 0 aromatic heterocycles. The zero-order chi connectivity index (χ0) is 11.5. The molecular formula is C12H13Cl2NO. The maximum Gasteiger partial charge on any atom is 0.123 e. The lowest BCUT2D eigenvalue weighted by atomic mass is 10.2. The molecule has 0 amide bonds. The highest BCUT2D eigenvalue weighted by Crippen LogP contribution is 2.27. The van der Waals surface area contributed by atoms with Crippen molar-refractivity contribution < 1.29 is 4.74 Å². The quantitative estimate of drug-likeness (QED) is 0.766. The lowest BCUT2D eigenvalue weighted by Gasteiger charge is -2.10. The van der Waals surface area contributed by atoms with Gasteiger partial charge in [-0.2, -0.15) is 0 Å². The third-order valence-electron chi connectivity index (χ3n) is 2.52. The summed E-state index contributed by atoms with van der Waals surface area (Å²) in [5.41, 5.74) is 0.977. The molecular weight excluding hydrogens is 245 g/mol. The predicted molar refractivity (Wildman–Crippen MR) is 67.9 cm³/mol.